The van der Waals surface area contributed by atoms with E-state index in [1.54, 1.807) is 6.08 Å². The van der Waals surface area contributed by atoms with Crippen LogP contribution in [0.25, 0.3) is 0 Å². The van der Waals surface area contributed by atoms with Gasteiger partial charge in [0.05, 0.1) is 46.2 Å². The van der Waals surface area contributed by atoms with Gasteiger partial charge in [-0.05, 0) is 39.8 Å². The first-order chi connectivity index (χ1) is 41.8. The molecule has 15 heteroatoms. The molecule has 0 saturated carbocycles. The van der Waals surface area contributed by atoms with Gasteiger partial charge in [-0.2, -0.15) is 0 Å². The Kier molecular flexibility index (Phi) is 23.0. The molecule has 3 aliphatic rings. The average Bonchev–Trinajstić information content (AvgIpc) is 1.76. The largest absolute Gasteiger partial charge is 0.491 e. The number of amides is 1. The topological polar surface area (TPSA) is 160 Å². The fraction of sp³-hybridized carbons (Fsp3) is 0.357. The number of ether oxygens (including phenoxy) is 12. The molecule has 85 heavy (non-hydrogen) atoms. The number of carbonyl (C=O) groups excluding carboxylic acids is 1. The third kappa shape index (κ3) is 17.8. The van der Waals surface area contributed by atoms with Crippen LogP contribution in [0, 0.1) is 0 Å². The Bertz CT molecular complexity index is 3040. The molecule has 7 aromatic rings. The van der Waals surface area contributed by atoms with Crippen LogP contribution in [-0.2, 0) is 101 Å². The lowest BCUT2D eigenvalue weighted by molar-refractivity contribution is -0.396. The van der Waals surface area contributed by atoms with Crippen molar-refractivity contribution in [2.24, 2.45) is 0 Å². The first kappa shape index (κ1) is 61.2. The third-order valence-electron chi connectivity index (χ3n) is 14.9. The smallest absolute Gasteiger partial charge is 0.217 e. The van der Waals surface area contributed by atoms with Gasteiger partial charge >= 0.3 is 0 Å². The molecular formula is C70H77NO14. The lowest BCUT2D eigenvalue weighted by Gasteiger charge is -2.52. The number of hydrogen-bond acceptors (Lipinski definition) is 14. The highest BCUT2D eigenvalue weighted by Gasteiger charge is 2.56. The fourth-order valence-electron chi connectivity index (χ4n) is 10.7. The molecule has 7 unspecified atom stereocenters. The maximum atomic E-state index is 13.5. The molecule has 15 nitrogen and oxygen atoms in total. The van der Waals surface area contributed by atoms with E-state index in [1.807, 2.05) is 212 Å². The van der Waals surface area contributed by atoms with Gasteiger partial charge in [0.15, 0.2) is 25.2 Å². The molecule has 3 fully saturated rings. The summed E-state index contributed by atoms with van der Waals surface area (Å²) in [5.74, 6) is 0.0545. The van der Waals surface area contributed by atoms with Crippen LogP contribution in [0.5, 0.6) is 0 Å². The Morgan fingerprint density at radius 2 is 1.06 bits per heavy atom. The monoisotopic (exact) mass is 1160 g/mol. The molecule has 13 atom stereocenters. The highest BCUT2D eigenvalue weighted by atomic mass is 16.8. The molecule has 0 bridgehead atoms. The summed E-state index contributed by atoms with van der Waals surface area (Å²) < 4.78 is 82.4. The van der Waals surface area contributed by atoms with Gasteiger partial charge in [0.2, 0.25) is 5.91 Å². The van der Waals surface area contributed by atoms with Crippen molar-refractivity contribution >= 4 is 5.91 Å². The Balaban J connectivity index is 1.04. The van der Waals surface area contributed by atoms with E-state index >= 15 is 0 Å². The second-order valence-corrected chi connectivity index (χ2v) is 21.3. The zero-order valence-corrected chi connectivity index (χ0v) is 48.1. The standard InChI is InChI=1S/C70H77NO14/c1-3-25-57(75-42-51-28-13-5-14-29-51)58(76-43-52-30-15-6-16-31-52)40-61(73)83-66-64-60(48-80-68(84-64)56-38-23-10-24-39-56)82-70(67(66)78-45-54-34-19-8-20-35-54)85-63-59(47-74-41-50-26-11-4-12-27-50)81-69(79-46-55-36-21-9-22-37-55)62(71-49(2)72)65(63)77-44-53-32-17-7-18-33-53/h4-24,26-40,57,59-70,73H,3,25,41-48H2,1-2H3,(H,71,72)/b58-40-/t57-,59?,60?,61-,62?,63-,64-,65?,66?,67?,68?,69-,70+/m1/s1. The number of rotatable bonds is 29. The van der Waals surface area contributed by atoms with Crippen LogP contribution < -0.4 is 5.32 Å². The SMILES string of the molecule is CCC[C@@H](OCc1ccccc1)/C(=C/[C@H](O)OC1C(OCc2ccccc2)[C@H](O[C@@H]2C(COCc3ccccc3)O[C@@H](OCc3ccccc3)C(NC(C)=O)C2OCc2ccccc2)OC2COC(c3ccccc3)O[C@H]21)OCc1ccccc1. The minimum atomic E-state index is -1.62. The van der Waals surface area contributed by atoms with Crippen molar-refractivity contribution in [1.82, 2.24) is 5.32 Å². The first-order valence-electron chi connectivity index (χ1n) is 29.3. The lowest BCUT2D eigenvalue weighted by Crippen LogP contribution is -2.69. The molecule has 7 aromatic carbocycles. The van der Waals surface area contributed by atoms with Crippen LogP contribution in [0.15, 0.2) is 224 Å². The number of benzene rings is 7. The maximum Gasteiger partial charge on any atom is 0.217 e. The number of carbonyl (C=O) groups is 1. The first-order valence-corrected chi connectivity index (χ1v) is 29.3. The molecule has 2 N–H and O–H groups in total. The van der Waals surface area contributed by atoms with Crippen LogP contribution in [0.3, 0.4) is 0 Å². The van der Waals surface area contributed by atoms with Crippen molar-refractivity contribution < 1.29 is 66.7 Å². The van der Waals surface area contributed by atoms with Gasteiger partial charge in [-0.3, -0.25) is 4.79 Å². The molecule has 0 aromatic heterocycles. The fourth-order valence-corrected chi connectivity index (χ4v) is 10.7. The predicted molar refractivity (Wildman–Crippen MR) is 317 cm³/mol. The van der Waals surface area contributed by atoms with Gasteiger partial charge in [0.25, 0.3) is 0 Å². The zero-order chi connectivity index (χ0) is 58.4. The zero-order valence-electron chi connectivity index (χ0n) is 48.1. The van der Waals surface area contributed by atoms with Crippen LogP contribution in [0.1, 0.15) is 71.9 Å². The quantitative estimate of drug-likeness (QED) is 0.0337. The summed E-state index contributed by atoms with van der Waals surface area (Å²) in [7, 11) is 0. The molecule has 3 heterocycles. The summed E-state index contributed by atoms with van der Waals surface area (Å²) >= 11 is 0. The molecule has 0 radical (unpaired) electrons. The summed E-state index contributed by atoms with van der Waals surface area (Å²) in [6.45, 7) is 4.71. The number of aliphatic hydroxyl groups is 1. The highest BCUT2D eigenvalue weighted by Crippen LogP contribution is 2.40. The van der Waals surface area contributed by atoms with Gasteiger partial charge in [-0.25, -0.2) is 0 Å². The number of hydrogen-bond donors (Lipinski definition) is 2. The van der Waals surface area contributed by atoms with Gasteiger partial charge in [0, 0.05) is 18.6 Å². The van der Waals surface area contributed by atoms with Gasteiger partial charge in [-0.15, -0.1) is 0 Å². The van der Waals surface area contributed by atoms with E-state index in [2.05, 4.69) is 12.2 Å². The Labute approximate surface area is 498 Å². The summed E-state index contributed by atoms with van der Waals surface area (Å²) in [6.07, 6.45) is -9.37. The van der Waals surface area contributed by atoms with Gasteiger partial charge < -0.3 is 67.3 Å². The number of aliphatic hydroxyl groups excluding tert-OH is 1. The van der Waals surface area contributed by atoms with Crippen LogP contribution in [0.4, 0.5) is 0 Å². The van der Waals surface area contributed by atoms with Crippen molar-refractivity contribution in [2.45, 2.75) is 146 Å². The molecule has 0 spiro atoms. The Morgan fingerprint density at radius 1 is 0.565 bits per heavy atom. The van der Waals surface area contributed by atoms with Crippen molar-refractivity contribution in [3.05, 3.63) is 263 Å². The van der Waals surface area contributed by atoms with Crippen LogP contribution in [0.2, 0.25) is 0 Å². The van der Waals surface area contributed by atoms with E-state index in [0.29, 0.717) is 18.8 Å². The van der Waals surface area contributed by atoms with Crippen molar-refractivity contribution in [3.63, 3.8) is 0 Å². The molecule has 0 aliphatic carbocycles. The maximum absolute atomic E-state index is 13.5. The molecule has 3 saturated heterocycles. The molecule has 10 rings (SSSR count). The summed E-state index contributed by atoms with van der Waals surface area (Å²) in [6, 6.07) is 67.5. The Morgan fingerprint density at radius 3 is 1.60 bits per heavy atom. The molecular weight excluding hydrogens is 1080 g/mol. The Hall–Kier alpha value is -6.93. The second-order valence-electron chi connectivity index (χ2n) is 21.3. The van der Waals surface area contributed by atoms with E-state index in [0.717, 1.165) is 45.4 Å². The minimum Gasteiger partial charge on any atom is -0.491 e. The number of nitrogens with one attached hydrogen (secondary N) is 1. The van der Waals surface area contributed by atoms with Gasteiger partial charge in [-0.1, -0.05) is 226 Å². The lowest BCUT2D eigenvalue weighted by atomic mass is 9.94. The van der Waals surface area contributed by atoms with Crippen LogP contribution in [-0.4, -0.2) is 98.0 Å². The predicted octanol–water partition coefficient (Wildman–Crippen LogP) is 11.2. The van der Waals surface area contributed by atoms with Crippen molar-refractivity contribution in [3.8, 4) is 0 Å². The molecule has 446 valence electrons. The van der Waals surface area contributed by atoms with Crippen LogP contribution >= 0.6 is 0 Å². The summed E-state index contributed by atoms with van der Waals surface area (Å²) in [5.41, 5.74) is 6.29. The van der Waals surface area contributed by atoms with Crippen molar-refractivity contribution in [2.75, 3.05) is 13.2 Å². The van der Waals surface area contributed by atoms with E-state index in [4.69, 9.17) is 56.8 Å². The molecule has 3 aliphatic heterocycles. The highest BCUT2D eigenvalue weighted by molar-refractivity contribution is 5.73. The summed E-state index contributed by atoms with van der Waals surface area (Å²) in [5, 5.41) is 15.7. The normalized spacial score (nSPS) is 24.8. The number of fused-ring (bicyclic) bond motifs is 1. The van der Waals surface area contributed by atoms with E-state index in [9.17, 15) is 9.90 Å². The average molecular weight is 1160 g/mol. The van der Waals surface area contributed by atoms with E-state index in [1.165, 1.54) is 6.92 Å². The van der Waals surface area contributed by atoms with Crippen molar-refractivity contribution in [1.29, 1.82) is 0 Å². The molecule has 1 amide bonds. The second kappa shape index (κ2) is 32.0. The minimum absolute atomic E-state index is 0.00248. The van der Waals surface area contributed by atoms with E-state index in [-0.39, 0.29) is 52.2 Å². The van der Waals surface area contributed by atoms with Gasteiger partial charge in [0.1, 0.15) is 67.2 Å². The summed E-state index contributed by atoms with van der Waals surface area (Å²) in [4.78, 5) is 13.5. The third-order valence-corrected chi connectivity index (χ3v) is 14.9. The van der Waals surface area contributed by atoms with E-state index < -0.39 is 80.0 Å².